The Balaban J connectivity index is 2.08. The number of nitrogens with two attached hydrogens (primary N) is 1. The van der Waals surface area contributed by atoms with Gasteiger partial charge in [-0.15, -0.1) is 10.2 Å². The van der Waals surface area contributed by atoms with Crippen molar-refractivity contribution in [1.29, 1.82) is 0 Å². The van der Waals surface area contributed by atoms with Crippen molar-refractivity contribution >= 4 is 0 Å². The largest absolute Gasteiger partial charge is 0.328 e. The third kappa shape index (κ3) is 3.10. The first kappa shape index (κ1) is 13.5. The van der Waals surface area contributed by atoms with Crippen LogP contribution in [-0.4, -0.2) is 20.8 Å². The molecule has 2 N–H and O–H groups in total. The van der Waals surface area contributed by atoms with Crippen LogP contribution in [0.5, 0.6) is 0 Å². The second-order valence-corrected chi connectivity index (χ2v) is 6.05. The first-order valence-electron chi connectivity index (χ1n) is 7.23. The van der Waals surface area contributed by atoms with E-state index in [1.165, 1.54) is 25.1 Å². The van der Waals surface area contributed by atoms with Crippen molar-refractivity contribution in [1.82, 2.24) is 14.8 Å². The standard InChI is InChI=1S/C14H26N4/c1-10(2)8-9-18-11(3)16-17-14(18)12-4-6-13(15)7-5-12/h10,12-13H,4-9,15H2,1-3H3. The van der Waals surface area contributed by atoms with Gasteiger partial charge in [0.15, 0.2) is 0 Å². The van der Waals surface area contributed by atoms with Gasteiger partial charge in [0.25, 0.3) is 0 Å². The van der Waals surface area contributed by atoms with E-state index in [1.54, 1.807) is 0 Å². The molecule has 1 fully saturated rings. The molecule has 1 aliphatic carbocycles. The molecule has 0 aliphatic heterocycles. The number of hydrogen-bond donors (Lipinski definition) is 1. The molecule has 0 bridgehead atoms. The molecule has 1 aromatic heterocycles. The Bertz CT molecular complexity index is 375. The molecule has 0 spiro atoms. The van der Waals surface area contributed by atoms with E-state index in [0.29, 0.717) is 12.0 Å². The van der Waals surface area contributed by atoms with Crippen LogP contribution in [0.25, 0.3) is 0 Å². The summed E-state index contributed by atoms with van der Waals surface area (Å²) in [6.45, 7) is 7.64. The fraction of sp³-hybridized carbons (Fsp3) is 0.857. The third-order valence-corrected chi connectivity index (χ3v) is 4.03. The van der Waals surface area contributed by atoms with E-state index in [0.717, 1.165) is 31.1 Å². The molecule has 0 amide bonds. The van der Waals surface area contributed by atoms with Crippen molar-refractivity contribution in [3.8, 4) is 0 Å². The highest BCUT2D eigenvalue weighted by molar-refractivity contribution is 5.03. The lowest BCUT2D eigenvalue weighted by Crippen LogP contribution is -2.27. The highest BCUT2D eigenvalue weighted by atomic mass is 15.3. The van der Waals surface area contributed by atoms with Gasteiger partial charge in [0, 0.05) is 18.5 Å². The molecular formula is C14H26N4. The van der Waals surface area contributed by atoms with Crippen LogP contribution in [0.4, 0.5) is 0 Å². The Morgan fingerprint density at radius 2 is 1.89 bits per heavy atom. The van der Waals surface area contributed by atoms with Crippen LogP contribution in [0, 0.1) is 12.8 Å². The van der Waals surface area contributed by atoms with Crippen LogP contribution >= 0.6 is 0 Å². The number of nitrogens with zero attached hydrogens (tertiary/aromatic N) is 3. The molecular weight excluding hydrogens is 224 g/mol. The van der Waals surface area contributed by atoms with Crippen LogP contribution in [-0.2, 0) is 6.54 Å². The van der Waals surface area contributed by atoms with E-state index >= 15 is 0 Å². The van der Waals surface area contributed by atoms with Crippen molar-refractivity contribution < 1.29 is 0 Å². The minimum atomic E-state index is 0.398. The SMILES string of the molecule is Cc1nnc(C2CCC(N)CC2)n1CCC(C)C. The van der Waals surface area contributed by atoms with Crippen molar-refractivity contribution in [2.24, 2.45) is 11.7 Å². The van der Waals surface area contributed by atoms with Crippen molar-refractivity contribution in [2.45, 2.75) is 71.4 Å². The molecule has 1 aliphatic rings. The lowest BCUT2D eigenvalue weighted by molar-refractivity contribution is 0.370. The van der Waals surface area contributed by atoms with Gasteiger partial charge in [-0.1, -0.05) is 13.8 Å². The molecule has 0 aromatic carbocycles. The quantitative estimate of drug-likeness (QED) is 0.893. The lowest BCUT2D eigenvalue weighted by Gasteiger charge is -2.26. The zero-order valence-corrected chi connectivity index (χ0v) is 11.9. The molecule has 102 valence electrons. The van der Waals surface area contributed by atoms with Crippen LogP contribution in [0.1, 0.15) is 63.5 Å². The molecule has 0 saturated heterocycles. The smallest absolute Gasteiger partial charge is 0.136 e. The van der Waals surface area contributed by atoms with E-state index in [-0.39, 0.29) is 0 Å². The summed E-state index contributed by atoms with van der Waals surface area (Å²) < 4.78 is 2.32. The molecule has 0 radical (unpaired) electrons. The summed E-state index contributed by atoms with van der Waals surface area (Å²) in [7, 11) is 0. The van der Waals surface area contributed by atoms with Gasteiger partial charge in [-0.2, -0.15) is 0 Å². The molecule has 18 heavy (non-hydrogen) atoms. The molecule has 1 aromatic rings. The number of rotatable bonds is 4. The third-order valence-electron chi connectivity index (χ3n) is 4.03. The molecule has 4 nitrogen and oxygen atoms in total. The Morgan fingerprint density at radius 3 is 2.50 bits per heavy atom. The highest BCUT2D eigenvalue weighted by Gasteiger charge is 2.24. The average molecular weight is 250 g/mol. The molecule has 4 heteroatoms. The Kier molecular flexibility index (Phi) is 4.38. The van der Waals surface area contributed by atoms with Crippen molar-refractivity contribution in [2.75, 3.05) is 0 Å². The maximum absolute atomic E-state index is 5.97. The Morgan fingerprint density at radius 1 is 1.22 bits per heavy atom. The number of aryl methyl sites for hydroxylation is 1. The second-order valence-electron chi connectivity index (χ2n) is 6.05. The predicted octanol–water partition coefficient (Wildman–Crippen LogP) is 2.62. The van der Waals surface area contributed by atoms with Gasteiger partial charge in [0.05, 0.1) is 0 Å². The fourth-order valence-corrected chi connectivity index (χ4v) is 2.74. The summed E-state index contributed by atoms with van der Waals surface area (Å²) in [5.74, 6) is 3.54. The van der Waals surface area contributed by atoms with Crippen molar-refractivity contribution in [3.05, 3.63) is 11.6 Å². The normalized spacial score (nSPS) is 24.7. The maximum Gasteiger partial charge on any atom is 0.136 e. The first-order valence-corrected chi connectivity index (χ1v) is 7.23. The zero-order chi connectivity index (χ0) is 13.1. The van der Waals surface area contributed by atoms with E-state index in [2.05, 4.69) is 35.5 Å². The number of hydrogen-bond acceptors (Lipinski definition) is 3. The zero-order valence-electron chi connectivity index (χ0n) is 11.9. The van der Waals surface area contributed by atoms with E-state index < -0.39 is 0 Å². The molecule has 2 rings (SSSR count). The Hall–Kier alpha value is -0.900. The summed E-state index contributed by atoms with van der Waals surface area (Å²) in [6.07, 6.45) is 5.78. The van der Waals surface area contributed by atoms with Gasteiger partial charge >= 0.3 is 0 Å². The number of aromatic nitrogens is 3. The average Bonchev–Trinajstić information content (AvgIpc) is 2.69. The topological polar surface area (TPSA) is 56.7 Å². The molecule has 0 atom stereocenters. The van der Waals surface area contributed by atoms with E-state index in [4.69, 9.17) is 5.73 Å². The summed E-state index contributed by atoms with van der Waals surface area (Å²) in [6, 6.07) is 0.398. The maximum atomic E-state index is 5.97. The van der Waals surface area contributed by atoms with Gasteiger partial charge in [0.1, 0.15) is 11.6 Å². The molecule has 0 unspecified atom stereocenters. The van der Waals surface area contributed by atoms with Crippen LogP contribution in [0.2, 0.25) is 0 Å². The highest BCUT2D eigenvalue weighted by Crippen LogP contribution is 2.31. The van der Waals surface area contributed by atoms with Crippen LogP contribution in [0.3, 0.4) is 0 Å². The van der Waals surface area contributed by atoms with Gasteiger partial charge < -0.3 is 10.3 Å². The van der Waals surface area contributed by atoms with E-state index in [9.17, 15) is 0 Å². The fourth-order valence-electron chi connectivity index (χ4n) is 2.74. The Labute approximate surface area is 110 Å². The minimum Gasteiger partial charge on any atom is -0.328 e. The van der Waals surface area contributed by atoms with Gasteiger partial charge in [-0.3, -0.25) is 0 Å². The van der Waals surface area contributed by atoms with Gasteiger partial charge in [-0.05, 0) is 44.9 Å². The minimum absolute atomic E-state index is 0.398. The second kappa shape index (κ2) is 5.83. The predicted molar refractivity (Wildman–Crippen MR) is 73.4 cm³/mol. The van der Waals surface area contributed by atoms with E-state index in [1.807, 2.05) is 0 Å². The molecule has 1 heterocycles. The summed E-state index contributed by atoms with van der Waals surface area (Å²) >= 11 is 0. The van der Waals surface area contributed by atoms with Crippen LogP contribution < -0.4 is 5.73 Å². The summed E-state index contributed by atoms with van der Waals surface area (Å²) in [5, 5.41) is 8.68. The van der Waals surface area contributed by atoms with Gasteiger partial charge in [-0.25, -0.2) is 0 Å². The molecule has 1 saturated carbocycles. The lowest BCUT2D eigenvalue weighted by atomic mass is 9.86. The summed E-state index contributed by atoms with van der Waals surface area (Å²) in [5.41, 5.74) is 5.97. The van der Waals surface area contributed by atoms with Crippen LogP contribution in [0.15, 0.2) is 0 Å². The first-order chi connectivity index (χ1) is 8.58. The van der Waals surface area contributed by atoms with Gasteiger partial charge in [0.2, 0.25) is 0 Å². The monoisotopic (exact) mass is 250 g/mol. The summed E-state index contributed by atoms with van der Waals surface area (Å²) in [4.78, 5) is 0. The van der Waals surface area contributed by atoms with Crippen molar-refractivity contribution in [3.63, 3.8) is 0 Å².